The van der Waals surface area contributed by atoms with Gasteiger partial charge in [-0.3, -0.25) is 4.55 Å². The van der Waals surface area contributed by atoms with E-state index < -0.39 is 73.5 Å². The molecule has 0 atom stereocenters. The monoisotopic (exact) mass is 644 g/mol. The van der Waals surface area contributed by atoms with Crippen molar-refractivity contribution in [1.82, 2.24) is 0 Å². The van der Waals surface area contributed by atoms with Crippen molar-refractivity contribution in [3.8, 4) is 0 Å². The Kier molecular flexibility index (Phi) is 30.7. The Bertz CT molecular complexity index is 614. The third-order valence-corrected chi connectivity index (χ3v) is 1.94. The van der Waals surface area contributed by atoms with Crippen LogP contribution in [0.1, 0.15) is 50.0 Å². The van der Waals surface area contributed by atoms with Crippen molar-refractivity contribution >= 4 is 10.5 Å². The molecule has 244 valence electrons. The molecule has 0 aliphatic heterocycles. The number of ether oxygens (including phenoxy) is 1. The van der Waals surface area contributed by atoms with Gasteiger partial charge in [0.25, 0.3) is 0 Å². The van der Waals surface area contributed by atoms with Crippen molar-refractivity contribution in [2.45, 2.75) is 86.4 Å². The lowest BCUT2D eigenvalue weighted by molar-refractivity contribution is -0.357. The summed E-state index contributed by atoms with van der Waals surface area (Å²) in [4.78, 5) is 1.88. The molecule has 0 aromatic rings. The van der Waals surface area contributed by atoms with E-state index in [1.54, 1.807) is 0 Å². The van der Waals surface area contributed by atoms with Crippen LogP contribution >= 0.6 is 0 Å². The van der Waals surface area contributed by atoms with Crippen molar-refractivity contribution in [1.29, 1.82) is 0 Å². The molecule has 0 bridgehead atoms. The molecule has 5 nitrogen and oxygen atoms in total. The molecule has 0 aliphatic rings. The molecule has 0 heterocycles. The zero-order valence-corrected chi connectivity index (χ0v) is 16.9. The van der Waals surface area contributed by atoms with E-state index in [2.05, 4.69) is 4.74 Å². The van der Waals surface area contributed by atoms with E-state index in [9.17, 15) is 74.3 Å². The minimum atomic E-state index is -6.20. The average molecular weight is 644 g/mol. The molecule has 0 radical (unpaired) electrons. The van der Waals surface area contributed by atoms with E-state index in [1.807, 2.05) is 4.94 Å². The van der Waals surface area contributed by atoms with E-state index in [-0.39, 0.29) is 29.7 Å². The van der Waals surface area contributed by atoms with Gasteiger partial charge in [0.2, 0.25) is 0 Å². The minimum Gasteiger partial charge on any atom is -0.321 e. The molecular formula is C15H29F17O5S. The Morgan fingerprint density at radius 2 is 1.03 bits per heavy atom. The lowest BCUT2D eigenvalue weighted by atomic mass is 10.2. The minimum absolute atomic E-state index is 0. The van der Waals surface area contributed by atoms with Crippen LogP contribution in [-0.4, -0.2) is 62.7 Å². The number of alkyl halides is 15. The van der Waals surface area contributed by atoms with Crippen molar-refractivity contribution in [2.24, 2.45) is 0 Å². The van der Waals surface area contributed by atoms with Crippen LogP contribution in [0.3, 0.4) is 0 Å². The first-order valence-electron chi connectivity index (χ1n) is 7.20. The van der Waals surface area contributed by atoms with E-state index in [0.717, 1.165) is 0 Å². The fourth-order valence-corrected chi connectivity index (χ4v) is 0.765. The Morgan fingerprint density at radius 3 is 1.11 bits per heavy atom. The molecule has 0 aromatic heterocycles. The van der Waals surface area contributed by atoms with Gasteiger partial charge >= 0.3 is 46.9 Å². The number of rotatable bonds is 6. The molecule has 0 unspecified atom stereocenters. The van der Waals surface area contributed by atoms with Gasteiger partial charge in [0.1, 0.15) is 6.42 Å². The summed E-state index contributed by atoms with van der Waals surface area (Å²) in [5.41, 5.74) is 0. The number of halogens is 17. The van der Waals surface area contributed by atoms with Gasteiger partial charge in [-0.05, 0) is 11.4 Å². The van der Waals surface area contributed by atoms with Crippen LogP contribution in [0.15, 0.2) is 0 Å². The maximum absolute atomic E-state index is 12.0. The van der Waals surface area contributed by atoms with Crippen molar-refractivity contribution < 1.29 is 96.9 Å². The first kappa shape index (κ1) is 56.7. The normalized spacial score (nSPS) is 12.1. The van der Waals surface area contributed by atoms with Crippen LogP contribution in [0, 0.1) is 0 Å². The quantitative estimate of drug-likeness (QED) is 0.177. The Balaban J connectivity index is -0.0000000528. The molecule has 0 fully saturated rings. The van der Waals surface area contributed by atoms with Crippen LogP contribution in [0.4, 0.5) is 74.3 Å². The van der Waals surface area contributed by atoms with Gasteiger partial charge in [-0.2, -0.15) is 69.9 Å². The largest absolute Gasteiger partial charge is 0.459 e. The van der Waals surface area contributed by atoms with E-state index >= 15 is 0 Å². The Labute approximate surface area is 208 Å². The molecule has 0 saturated carbocycles. The molecule has 1 N–H and O–H groups in total. The first-order valence-corrected chi connectivity index (χ1v) is 8.54. The molecule has 0 spiro atoms. The van der Waals surface area contributed by atoms with Gasteiger partial charge in [0.15, 0.2) is 6.67 Å². The average Bonchev–Trinajstić information content (AvgIpc) is 2.50. The smallest absolute Gasteiger partial charge is 0.321 e. The van der Waals surface area contributed by atoms with Crippen LogP contribution in [-0.2, 0) is 20.2 Å². The van der Waals surface area contributed by atoms with E-state index in [1.165, 1.54) is 6.92 Å². The molecular weight excluding hydrogens is 615 g/mol. The van der Waals surface area contributed by atoms with Gasteiger partial charge < -0.3 is 4.74 Å². The Morgan fingerprint density at radius 1 is 0.737 bits per heavy atom. The molecule has 0 amide bonds. The second-order valence-corrected chi connectivity index (χ2v) is 5.91. The molecule has 0 aliphatic carbocycles. The Hall–Kier alpha value is -1.36. The highest BCUT2D eigenvalue weighted by Crippen LogP contribution is 2.45. The molecule has 0 aromatic carbocycles. The van der Waals surface area contributed by atoms with Gasteiger partial charge in [-0.25, -0.2) is 4.39 Å². The molecule has 0 rings (SSSR count). The fraction of sp³-hybridized carbons (Fsp3) is 1.00. The lowest BCUT2D eigenvalue weighted by Gasteiger charge is -2.24. The highest BCUT2D eigenvalue weighted by Gasteiger charge is 2.70. The topological polar surface area (TPSA) is 72.8 Å². The SMILES string of the molecule is C.C.C.C.CC(F)(F)C(F)(F)C(F)(F)F.CCOC(F)(F)CC(F)(F)F.FCC(F)(F)OF.O=S(=O)(O)F. The summed E-state index contributed by atoms with van der Waals surface area (Å²) in [6, 6.07) is 0. The van der Waals surface area contributed by atoms with Crippen molar-refractivity contribution in [2.75, 3.05) is 13.3 Å². The number of hydrogen-bond donors (Lipinski definition) is 1. The second-order valence-electron chi connectivity index (χ2n) is 5.08. The van der Waals surface area contributed by atoms with Gasteiger partial charge in [0, 0.05) is 6.92 Å². The van der Waals surface area contributed by atoms with Gasteiger partial charge in [-0.15, -0.1) is 4.94 Å². The summed E-state index contributed by atoms with van der Waals surface area (Å²) in [5, 5.41) is 0. The summed E-state index contributed by atoms with van der Waals surface area (Å²) in [6.07, 6.45) is -21.7. The van der Waals surface area contributed by atoms with Crippen LogP contribution < -0.4 is 0 Å². The highest BCUT2D eigenvalue weighted by molar-refractivity contribution is 7.80. The second kappa shape index (κ2) is 20.5. The third kappa shape index (κ3) is 36.8. The zero-order valence-electron chi connectivity index (χ0n) is 16.0. The maximum atomic E-state index is 12.0. The van der Waals surface area contributed by atoms with E-state index in [4.69, 9.17) is 13.0 Å². The summed E-state index contributed by atoms with van der Waals surface area (Å²) >= 11 is 0. The molecule has 38 heavy (non-hydrogen) atoms. The highest BCUT2D eigenvalue weighted by atomic mass is 32.3. The predicted octanol–water partition coefficient (Wildman–Crippen LogP) is 9.16. The predicted molar refractivity (Wildman–Crippen MR) is 102 cm³/mol. The lowest BCUT2D eigenvalue weighted by Crippen LogP contribution is -2.50. The van der Waals surface area contributed by atoms with Crippen LogP contribution in [0.2, 0.25) is 0 Å². The van der Waals surface area contributed by atoms with Gasteiger partial charge in [-0.1, -0.05) is 33.6 Å². The summed E-state index contributed by atoms with van der Waals surface area (Å²) in [5.74, 6) is -11.0. The summed E-state index contributed by atoms with van der Waals surface area (Å²) in [7, 11) is -5.17. The van der Waals surface area contributed by atoms with Crippen LogP contribution in [0.25, 0.3) is 0 Å². The zero-order chi connectivity index (χ0) is 29.0. The summed E-state index contributed by atoms with van der Waals surface area (Å²) in [6.45, 7) is -1.86. The fourth-order valence-electron chi connectivity index (χ4n) is 0.765. The van der Waals surface area contributed by atoms with Crippen molar-refractivity contribution in [3.05, 3.63) is 0 Å². The number of hydrogen-bond acceptors (Lipinski definition) is 4. The third-order valence-electron chi connectivity index (χ3n) is 1.94. The maximum Gasteiger partial charge on any atom is 0.459 e. The summed E-state index contributed by atoms with van der Waals surface area (Å²) < 4.78 is 218. The van der Waals surface area contributed by atoms with Gasteiger partial charge in [0.05, 0.1) is 6.61 Å². The molecule has 23 heteroatoms. The van der Waals surface area contributed by atoms with Crippen LogP contribution in [0.5, 0.6) is 0 Å². The van der Waals surface area contributed by atoms with E-state index in [0.29, 0.717) is 0 Å². The first-order chi connectivity index (χ1) is 14.4. The standard InChI is InChI=1S/C5H7F5O.C4H3F7.C2H2F4O.4CH4.FHO3S/c1-2-11-5(9,10)3-4(6,7)8;1-2(5,6)3(7,8)4(9,10)11;3-1-2(4,5)7-6;;;;;1-5(2,3)4/h2-3H2,1H3;1H3;1H2;4*1H4;(H,2,3,4). The van der Waals surface area contributed by atoms with Crippen molar-refractivity contribution in [3.63, 3.8) is 0 Å². The molecule has 0 saturated heterocycles.